The predicted octanol–water partition coefficient (Wildman–Crippen LogP) is 1.95. The number of likely N-dealkylation sites (tertiary alicyclic amines) is 1. The fourth-order valence-corrected chi connectivity index (χ4v) is 2.54. The smallest absolute Gasteiger partial charge is 0.340 e. The monoisotopic (exact) mass is 277 g/mol. The lowest BCUT2D eigenvalue weighted by atomic mass is 10.1. The molecule has 1 saturated heterocycles. The number of hydrogen-bond acceptors (Lipinski definition) is 5. The third-order valence-electron chi connectivity index (χ3n) is 3.70. The molecule has 0 saturated carbocycles. The van der Waals surface area contributed by atoms with E-state index in [1.54, 1.807) is 6.07 Å². The third-order valence-corrected chi connectivity index (χ3v) is 3.70. The van der Waals surface area contributed by atoms with Gasteiger partial charge in [0, 0.05) is 13.1 Å². The van der Waals surface area contributed by atoms with Crippen molar-refractivity contribution >= 4 is 17.3 Å². The summed E-state index contributed by atoms with van der Waals surface area (Å²) < 4.78 is 4.72. The van der Waals surface area contributed by atoms with Crippen LogP contribution in [-0.4, -0.2) is 44.2 Å². The second-order valence-electron chi connectivity index (χ2n) is 5.09. The number of anilines is 2. The van der Waals surface area contributed by atoms with E-state index in [2.05, 4.69) is 10.2 Å². The molecule has 5 nitrogen and oxygen atoms in total. The summed E-state index contributed by atoms with van der Waals surface area (Å²) in [7, 11) is 1.36. The molecule has 0 radical (unpaired) electrons. The Bertz CT molecular complexity index is 456. The highest BCUT2D eigenvalue weighted by atomic mass is 16.5. The van der Waals surface area contributed by atoms with E-state index >= 15 is 0 Å². The SMILES string of the molecule is COC(=O)c1cccc(NCCN2CCCCC2)c1N. The summed E-state index contributed by atoms with van der Waals surface area (Å²) in [6.07, 6.45) is 3.93. The molecule has 1 aliphatic heterocycles. The molecule has 20 heavy (non-hydrogen) atoms. The van der Waals surface area contributed by atoms with Crippen LogP contribution < -0.4 is 11.1 Å². The standard InChI is InChI=1S/C15H23N3O2/c1-20-15(19)12-6-5-7-13(14(12)16)17-8-11-18-9-3-2-4-10-18/h5-7,17H,2-4,8-11,16H2,1H3. The fourth-order valence-electron chi connectivity index (χ4n) is 2.54. The maximum Gasteiger partial charge on any atom is 0.340 e. The van der Waals surface area contributed by atoms with Gasteiger partial charge < -0.3 is 20.7 Å². The second-order valence-corrected chi connectivity index (χ2v) is 5.09. The van der Waals surface area contributed by atoms with Crippen LogP contribution in [0.25, 0.3) is 0 Å². The number of methoxy groups -OCH3 is 1. The Hall–Kier alpha value is -1.75. The summed E-state index contributed by atoms with van der Waals surface area (Å²) in [6.45, 7) is 4.19. The summed E-state index contributed by atoms with van der Waals surface area (Å²) >= 11 is 0. The average Bonchev–Trinajstić information content (AvgIpc) is 2.49. The van der Waals surface area contributed by atoms with Gasteiger partial charge in [0.25, 0.3) is 0 Å². The van der Waals surface area contributed by atoms with Crippen molar-refractivity contribution in [3.63, 3.8) is 0 Å². The van der Waals surface area contributed by atoms with Gasteiger partial charge in [-0.15, -0.1) is 0 Å². The van der Waals surface area contributed by atoms with Crippen LogP contribution in [0.3, 0.4) is 0 Å². The molecule has 1 heterocycles. The summed E-state index contributed by atoms with van der Waals surface area (Å²) in [6, 6.07) is 5.38. The third kappa shape index (κ3) is 3.63. The molecule has 0 bridgehead atoms. The van der Waals surface area contributed by atoms with Crippen LogP contribution in [0.15, 0.2) is 18.2 Å². The maximum absolute atomic E-state index is 11.6. The lowest BCUT2D eigenvalue weighted by Gasteiger charge is -2.26. The Morgan fingerprint density at radius 2 is 2.10 bits per heavy atom. The maximum atomic E-state index is 11.6. The van der Waals surface area contributed by atoms with E-state index in [9.17, 15) is 4.79 Å². The van der Waals surface area contributed by atoms with Crippen molar-refractivity contribution in [3.8, 4) is 0 Å². The summed E-state index contributed by atoms with van der Waals surface area (Å²) in [4.78, 5) is 14.0. The first kappa shape index (κ1) is 14.7. The Labute approximate surface area is 120 Å². The Morgan fingerprint density at radius 1 is 1.35 bits per heavy atom. The zero-order valence-corrected chi connectivity index (χ0v) is 12.0. The van der Waals surface area contributed by atoms with E-state index in [1.165, 1.54) is 39.5 Å². The van der Waals surface area contributed by atoms with Crippen LogP contribution in [0, 0.1) is 0 Å². The normalized spacial score (nSPS) is 15.8. The van der Waals surface area contributed by atoms with Crippen molar-refractivity contribution in [2.24, 2.45) is 0 Å². The van der Waals surface area contributed by atoms with Gasteiger partial charge in [0.2, 0.25) is 0 Å². The minimum Gasteiger partial charge on any atom is -0.465 e. The number of nitrogens with zero attached hydrogens (tertiary/aromatic N) is 1. The number of nitrogen functional groups attached to an aromatic ring is 1. The van der Waals surface area contributed by atoms with Crippen molar-refractivity contribution in [2.75, 3.05) is 44.3 Å². The van der Waals surface area contributed by atoms with Gasteiger partial charge in [-0.3, -0.25) is 0 Å². The molecule has 1 aromatic rings. The van der Waals surface area contributed by atoms with Gasteiger partial charge in [-0.2, -0.15) is 0 Å². The van der Waals surface area contributed by atoms with E-state index in [1.807, 2.05) is 12.1 Å². The molecule has 5 heteroatoms. The molecule has 0 spiro atoms. The molecule has 3 N–H and O–H groups in total. The zero-order valence-electron chi connectivity index (χ0n) is 12.0. The number of benzene rings is 1. The average molecular weight is 277 g/mol. The Morgan fingerprint density at radius 3 is 2.80 bits per heavy atom. The van der Waals surface area contributed by atoms with Crippen LogP contribution in [0.1, 0.15) is 29.6 Å². The molecule has 0 amide bonds. The van der Waals surface area contributed by atoms with Gasteiger partial charge >= 0.3 is 5.97 Å². The van der Waals surface area contributed by atoms with Crippen molar-refractivity contribution < 1.29 is 9.53 Å². The van der Waals surface area contributed by atoms with E-state index in [4.69, 9.17) is 10.5 Å². The van der Waals surface area contributed by atoms with Crippen molar-refractivity contribution in [2.45, 2.75) is 19.3 Å². The first-order valence-corrected chi connectivity index (χ1v) is 7.15. The van der Waals surface area contributed by atoms with Gasteiger partial charge in [0.05, 0.1) is 24.0 Å². The quantitative estimate of drug-likeness (QED) is 0.636. The number of esters is 1. The van der Waals surface area contributed by atoms with Crippen molar-refractivity contribution in [1.82, 2.24) is 4.90 Å². The highest BCUT2D eigenvalue weighted by molar-refractivity contribution is 5.98. The summed E-state index contributed by atoms with van der Waals surface area (Å²) in [5.74, 6) is -0.401. The topological polar surface area (TPSA) is 67.6 Å². The lowest BCUT2D eigenvalue weighted by molar-refractivity contribution is 0.0602. The number of nitrogens with one attached hydrogen (secondary N) is 1. The molecule has 1 aliphatic rings. The lowest BCUT2D eigenvalue weighted by Crippen LogP contribution is -2.33. The van der Waals surface area contributed by atoms with Crippen LogP contribution in [0.4, 0.5) is 11.4 Å². The minimum atomic E-state index is -0.401. The molecule has 0 aromatic heterocycles. The number of ether oxygens (including phenoxy) is 1. The number of piperidine rings is 1. The number of para-hydroxylation sites is 1. The van der Waals surface area contributed by atoms with Crippen molar-refractivity contribution in [3.05, 3.63) is 23.8 Å². The van der Waals surface area contributed by atoms with Gasteiger partial charge in [-0.1, -0.05) is 12.5 Å². The second kappa shape index (κ2) is 7.14. The highest BCUT2D eigenvalue weighted by Gasteiger charge is 2.13. The predicted molar refractivity (Wildman–Crippen MR) is 81.0 cm³/mol. The van der Waals surface area contributed by atoms with Gasteiger partial charge in [-0.25, -0.2) is 4.79 Å². The highest BCUT2D eigenvalue weighted by Crippen LogP contribution is 2.23. The number of carbonyl (C=O) groups excluding carboxylic acids is 1. The minimum absolute atomic E-state index is 0.401. The molecule has 1 aromatic carbocycles. The van der Waals surface area contributed by atoms with Crippen LogP contribution in [-0.2, 0) is 4.74 Å². The first-order chi connectivity index (χ1) is 9.72. The van der Waals surface area contributed by atoms with Gasteiger partial charge in [0.15, 0.2) is 0 Å². The van der Waals surface area contributed by atoms with Crippen LogP contribution >= 0.6 is 0 Å². The van der Waals surface area contributed by atoms with Crippen LogP contribution in [0.2, 0.25) is 0 Å². The number of carbonyl (C=O) groups is 1. The zero-order chi connectivity index (χ0) is 14.4. The molecular formula is C15H23N3O2. The van der Waals surface area contributed by atoms with E-state index in [0.29, 0.717) is 11.3 Å². The Balaban J connectivity index is 1.90. The molecular weight excluding hydrogens is 254 g/mol. The van der Waals surface area contributed by atoms with Gasteiger partial charge in [0.1, 0.15) is 0 Å². The molecule has 0 unspecified atom stereocenters. The van der Waals surface area contributed by atoms with Gasteiger partial charge in [-0.05, 0) is 38.1 Å². The molecule has 1 fully saturated rings. The fraction of sp³-hybridized carbons (Fsp3) is 0.533. The molecule has 2 rings (SSSR count). The van der Waals surface area contributed by atoms with E-state index in [0.717, 1.165) is 18.8 Å². The number of hydrogen-bond donors (Lipinski definition) is 2. The number of rotatable bonds is 5. The Kier molecular flexibility index (Phi) is 5.24. The molecule has 0 aliphatic carbocycles. The molecule has 0 atom stereocenters. The largest absolute Gasteiger partial charge is 0.465 e. The van der Waals surface area contributed by atoms with Crippen molar-refractivity contribution in [1.29, 1.82) is 0 Å². The van der Waals surface area contributed by atoms with Crippen LogP contribution in [0.5, 0.6) is 0 Å². The molecule has 110 valence electrons. The summed E-state index contributed by atoms with van der Waals surface area (Å²) in [5, 5.41) is 3.31. The first-order valence-electron chi connectivity index (χ1n) is 7.15. The summed E-state index contributed by atoms with van der Waals surface area (Å²) in [5.41, 5.74) is 7.67. The van der Waals surface area contributed by atoms with E-state index in [-0.39, 0.29) is 0 Å². The van der Waals surface area contributed by atoms with E-state index < -0.39 is 5.97 Å². The number of nitrogens with two attached hydrogens (primary N) is 1.